The molecule has 9 nitrogen and oxygen atoms in total. The largest absolute Gasteiger partial charge is 0.493 e. The van der Waals surface area contributed by atoms with Gasteiger partial charge in [0.25, 0.3) is 0 Å². The van der Waals surface area contributed by atoms with Gasteiger partial charge < -0.3 is 25.2 Å². The molecule has 0 bridgehead atoms. The highest BCUT2D eigenvalue weighted by atomic mass is 32.2. The van der Waals surface area contributed by atoms with Gasteiger partial charge in [-0.3, -0.25) is 0 Å². The number of carboxylic acids is 1. The number of ether oxygens (including phenoxy) is 3. The molecule has 29 heavy (non-hydrogen) atoms. The molecular formula is C19H20N4O5S. The van der Waals surface area contributed by atoms with E-state index in [1.807, 2.05) is 0 Å². The van der Waals surface area contributed by atoms with Gasteiger partial charge in [0.15, 0.2) is 17.3 Å². The number of carboxylic acid groups (broad SMARTS) is 1. The van der Waals surface area contributed by atoms with Gasteiger partial charge in [0.1, 0.15) is 0 Å². The lowest BCUT2D eigenvalue weighted by atomic mass is 10.1. The third kappa shape index (κ3) is 4.21. The Labute approximate surface area is 171 Å². The summed E-state index contributed by atoms with van der Waals surface area (Å²) in [6.07, 6.45) is 0. The number of rotatable bonds is 8. The Morgan fingerprint density at radius 1 is 1.07 bits per heavy atom. The molecule has 1 aromatic heterocycles. The van der Waals surface area contributed by atoms with E-state index in [0.717, 1.165) is 5.56 Å². The lowest BCUT2D eigenvalue weighted by molar-refractivity contribution is 0.0697. The van der Waals surface area contributed by atoms with Crippen molar-refractivity contribution in [3.63, 3.8) is 0 Å². The normalized spacial score (nSPS) is 10.6. The molecule has 0 radical (unpaired) electrons. The molecule has 3 N–H and O–H groups in total. The number of aromatic carboxylic acids is 1. The van der Waals surface area contributed by atoms with Crippen molar-refractivity contribution in [3.8, 4) is 28.6 Å². The highest BCUT2D eigenvalue weighted by Gasteiger charge is 2.19. The number of nitrogens with zero attached hydrogens (tertiary/aromatic N) is 3. The number of aromatic nitrogens is 3. The van der Waals surface area contributed by atoms with Crippen LogP contribution in [0.1, 0.15) is 15.9 Å². The van der Waals surface area contributed by atoms with Crippen molar-refractivity contribution in [2.24, 2.45) is 0 Å². The van der Waals surface area contributed by atoms with Gasteiger partial charge in [0.2, 0.25) is 10.9 Å². The maximum atomic E-state index is 10.9. The highest BCUT2D eigenvalue weighted by Crippen LogP contribution is 2.41. The van der Waals surface area contributed by atoms with Crippen LogP contribution >= 0.6 is 11.8 Å². The standard InChI is InChI=1S/C19H20N4O5S/c1-26-14-8-13(9-15(27-2)16(14)28-3)17-21-22-19(23(17)20)29-10-11-4-6-12(7-5-11)18(24)25/h4-9H,10,20H2,1-3H3,(H,24,25). The van der Waals surface area contributed by atoms with Gasteiger partial charge in [-0.1, -0.05) is 23.9 Å². The second kappa shape index (κ2) is 8.74. The van der Waals surface area contributed by atoms with Crippen molar-refractivity contribution < 1.29 is 24.1 Å². The van der Waals surface area contributed by atoms with Gasteiger partial charge >= 0.3 is 5.97 Å². The van der Waals surface area contributed by atoms with Crippen molar-refractivity contribution in [2.75, 3.05) is 27.2 Å². The van der Waals surface area contributed by atoms with Crippen LogP contribution in [0.2, 0.25) is 0 Å². The Morgan fingerprint density at radius 2 is 1.69 bits per heavy atom. The van der Waals surface area contributed by atoms with Gasteiger partial charge in [-0.15, -0.1) is 10.2 Å². The van der Waals surface area contributed by atoms with Gasteiger partial charge in [-0.2, -0.15) is 0 Å². The molecule has 0 atom stereocenters. The van der Waals surface area contributed by atoms with E-state index in [2.05, 4.69) is 10.2 Å². The molecule has 0 aliphatic heterocycles. The fraction of sp³-hybridized carbons (Fsp3) is 0.211. The molecule has 0 amide bonds. The van der Waals surface area contributed by atoms with E-state index in [4.69, 9.17) is 25.2 Å². The molecule has 0 saturated heterocycles. The van der Waals surface area contributed by atoms with E-state index >= 15 is 0 Å². The van der Waals surface area contributed by atoms with E-state index in [1.165, 1.54) is 37.8 Å². The Balaban J connectivity index is 1.83. The smallest absolute Gasteiger partial charge is 0.335 e. The second-order valence-electron chi connectivity index (χ2n) is 5.88. The Bertz CT molecular complexity index is 995. The molecule has 10 heteroatoms. The Kier molecular flexibility index (Phi) is 6.13. The molecule has 3 rings (SSSR count). The summed E-state index contributed by atoms with van der Waals surface area (Å²) in [5.74, 6) is 7.68. The van der Waals surface area contributed by atoms with E-state index in [1.54, 1.807) is 36.4 Å². The third-order valence-corrected chi connectivity index (χ3v) is 5.17. The summed E-state index contributed by atoms with van der Waals surface area (Å²) in [6, 6.07) is 10.1. The molecule has 1 heterocycles. The molecule has 152 valence electrons. The van der Waals surface area contributed by atoms with Crippen LogP contribution in [0.3, 0.4) is 0 Å². The summed E-state index contributed by atoms with van der Waals surface area (Å²) in [4.78, 5) is 10.9. The maximum Gasteiger partial charge on any atom is 0.335 e. The van der Waals surface area contributed by atoms with Crippen LogP contribution in [-0.2, 0) is 5.75 Å². The first kappa shape index (κ1) is 20.3. The summed E-state index contributed by atoms with van der Waals surface area (Å²) in [5.41, 5.74) is 1.84. The predicted octanol–water partition coefficient (Wildman–Crippen LogP) is 2.68. The van der Waals surface area contributed by atoms with E-state index in [-0.39, 0.29) is 5.56 Å². The first-order chi connectivity index (χ1) is 14.0. The van der Waals surface area contributed by atoms with Crippen LogP contribution in [0.4, 0.5) is 0 Å². The van der Waals surface area contributed by atoms with Gasteiger partial charge in [0, 0.05) is 11.3 Å². The highest BCUT2D eigenvalue weighted by molar-refractivity contribution is 7.98. The zero-order valence-electron chi connectivity index (χ0n) is 16.1. The van der Waals surface area contributed by atoms with E-state index in [9.17, 15) is 4.79 Å². The quantitative estimate of drug-likeness (QED) is 0.421. The molecule has 0 unspecified atom stereocenters. The number of nitrogens with two attached hydrogens (primary N) is 1. The van der Waals surface area contributed by atoms with E-state index in [0.29, 0.717) is 39.5 Å². The summed E-state index contributed by atoms with van der Waals surface area (Å²) in [7, 11) is 4.60. The summed E-state index contributed by atoms with van der Waals surface area (Å²) < 4.78 is 17.5. The number of nitrogen functional groups attached to an aromatic ring is 1. The van der Waals surface area contributed by atoms with Crippen LogP contribution < -0.4 is 20.1 Å². The van der Waals surface area contributed by atoms with Crippen molar-refractivity contribution in [1.29, 1.82) is 0 Å². The monoisotopic (exact) mass is 416 g/mol. The fourth-order valence-corrected chi connectivity index (χ4v) is 3.49. The summed E-state index contributed by atoms with van der Waals surface area (Å²) in [6.45, 7) is 0. The maximum absolute atomic E-state index is 10.9. The van der Waals surface area contributed by atoms with Crippen molar-refractivity contribution in [1.82, 2.24) is 14.9 Å². The van der Waals surface area contributed by atoms with E-state index < -0.39 is 5.97 Å². The van der Waals surface area contributed by atoms with Gasteiger partial charge in [-0.25, -0.2) is 9.47 Å². The molecule has 0 aliphatic rings. The number of hydrogen-bond donors (Lipinski definition) is 2. The second-order valence-corrected chi connectivity index (χ2v) is 6.82. The number of methoxy groups -OCH3 is 3. The molecule has 0 fully saturated rings. The summed E-state index contributed by atoms with van der Waals surface area (Å²) in [5, 5.41) is 17.8. The molecule has 0 aliphatic carbocycles. The van der Waals surface area contributed by atoms with Gasteiger partial charge in [0.05, 0.1) is 26.9 Å². The fourth-order valence-electron chi connectivity index (χ4n) is 2.67. The minimum Gasteiger partial charge on any atom is -0.493 e. The first-order valence-corrected chi connectivity index (χ1v) is 9.43. The molecule has 2 aromatic carbocycles. The van der Waals surface area contributed by atoms with Crippen molar-refractivity contribution in [3.05, 3.63) is 47.5 Å². The number of hydrogen-bond acceptors (Lipinski definition) is 8. The van der Waals surface area contributed by atoms with Crippen molar-refractivity contribution in [2.45, 2.75) is 10.9 Å². The molecule has 0 spiro atoms. The van der Waals surface area contributed by atoms with Gasteiger partial charge in [-0.05, 0) is 29.8 Å². The lowest BCUT2D eigenvalue weighted by Gasteiger charge is -2.13. The van der Waals surface area contributed by atoms with Crippen LogP contribution in [0.15, 0.2) is 41.6 Å². The number of carbonyl (C=O) groups is 1. The zero-order valence-corrected chi connectivity index (χ0v) is 16.9. The minimum atomic E-state index is -0.958. The third-order valence-electron chi connectivity index (χ3n) is 4.16. The predicted molar refractivity (Wildman–Crippen MR) is 108 cm³/mol. The Morgan fingerprint density at radius 3 is 2.21 bits per heavy atom. The number of thioether (sulfide) groups is 1. The average Bonchev–Trinajstić information content (AvgIpc) is 3.11. The van der Waals surface area contributed by atoms with Crippen LogP contribution in [0, 0.1) is 0 Å². The summed E-state index contributed by atoms with van der Waals surface area (Å²) >= 11 is 1.39. The molecular weight excluding hydrogens is 396 g/mol. The lowest BCUT2D eigenvalue weighted by Crippen LogP contribution is -2.11. The first-order valence-electron chi connectivity index (χ1n) is 8.44. The van der Waals surface area contributed by atoms with Crippen LogP contribution in [0.5, 0.6) is 17.2 Å². The minimum absolute atomic E-state index is 0.241. The Hall–Kier alpha value is -3.40. The SMILES string of the molecule is COc1cc(-c2nnc(SCc3ccc(C(=O)O)cc3)n2N)cc(OC)c1OC. The average molecular weight is 416 g/mol. The topological polar surface area (TPSA) is 122 Å². The molecule has 0 saturated carbocycles. The van der Waals surface area contributed by atoms with Crippen molar-refractivity contribution >= 4 is 17.7 Å². The molecule has 3 aromatic rings. The zero-order chi connectivity index (χ0) is 21.0. The van der Waals surface area contributed by atoms with Crippen LogP contribution in [0.25, 0.3) is 11.4 Å². The number of benzene rings is 2. The van der Waals surface area contributed by atoms with Crippen LogP contribution in [-0.4, -0.2) is 47.3 Å².